The summed E-state index contributed by atoms with van der Waals surface area (Å²) in [6.45, 7) is 0. The Hall–Kier alpha value is -2.19. The molecule has 2 heterocycles. The topological polar surface area (TPSA) is 79.4 Å². The van der Waals surface area contributed by atoms with Crippen molar-refractivity contribution in [3.63, 3.8) is 0 Å². The van der Waals surface area contributed by atoms with Crippen molar-refractivity contribution in [2.24, 2.45) is 23.7 Å². The molecule has 0 spiro atoms. The highest BCUT2D eigenvalue weighted by molar-refractivity contribution is 8.01. The van der Waals surface area contributed by atoms with Gasteiger partial charge in [-0.25, -0.2) is 9.88 Å². The fraction of sp³-hybridized carbons (Fsp3) is 0.429. The molecule has 4 atom stereocenters. The number of amides is 3. The molecule has 148 valence electrons. The van der Waals surface area contributed by atoms with Gasteiger partial charge in [0.25, 0.3) is 0 Å². The zero-order valence-electron chi connectivity index (χ0n) is 15.5. The first-order chi connectivity index (χ1) is 14.1. The van der Waals surface area contributed by atoms with Gasteiger partial charge in [0.1, 0.15) is 0 Å². The molecule has 6 nitrogen and oxygen atoms in total. The SMILES string of the molecule is O=C(CSc1nc2ccc(N3C(=O)[C@@H]4[C@H](C3=O)[C@H]3C=C[C@H]4C3)cc2s1)NC1CC1. The predicted octanol–water partition coefficient (Wildman–Crippen LogP) is 2.98. The van der Waals surface area contributed by atoms with E-state index < -0.39 is 0 Å². The first-order valence-electron chi connectivity index (χ1n) is 9.97. The van der Waals surface area contributed by atoms with Gasteiger partial charge in [0.05, 0.1) is 33.5 Å². The Morgan fingerprint density at radius 1 is 1.17 bits per heavy atom. The van der Waals surface area contributed by atoms with Gasteiger partial charge in [-0.3, -0.25) is 14.4 Å². The molecular formula is C21H19N3O3S2. The quantitative estimate of drug-likeness (QED) is 0.453. The first kappa shape index (κ1) is 17.7. The van der Waals surface area contributed by atoms with E-state index in [0.29, 0.717) is 17.5 Å². The smallest absolute Gasteiger partial charge is 0.238 e. The monoisotopic (exact) mass is 425 g/mol. The van der Waals surface area contributed by atoms with E-state index in [1.807, 2.05) is 18.2 Å². The molecule has 2 bridgehead atoms. The van der Waals surface area contributed by atoms with Crippen molar-refractivity contribution in [3.8, 4) is 0 Å². The molecule has 2 saturated carbocycles. The maximum absolute atomic E-state index is 13.0. The fourth-order valence-electron chi connectivity index (χ4n) is 4.87. The van der Waals surface area contributed by atoms with E-state index in [2.05, 4.69) is 22.5 Å². The standard InChI is InChI=1S/C21H19N3O3S2/c25-16(22-12-3-4-12)9-28-21-23-14-6-5-13(8-15(14)29-21)24-19(26)17-10-1-2-11(7-10)18(17)20(24)27/h1-2,5-6,8,10-12,17-18H,3-4,7,9H2,(H,22,25)/t10-,11-,17-,18+/m0/s1. The maximum Gasteiger partial charge on any atom is 0.238 e. The summed E-state index contributed by atoms with van der Waals surface area (Å²) in [6.07, 6.45) is 7.30. The minimum Gasteiger partial charge on any atom is -0.353 e. The lowest BCUT2D eigenvalue weighted by atomic mass is 9.85. The van der Waals surface area contributed by atoms with Gasteiger partial charge in [0.2, 0.25) is 17.7 Å². The second kappa shape index (κ2) is 6.40. The number of thiazole rings is 1. The van der Waals surface area contributed by atoms with Gasteiger partial charge >= 0.3 is 0 Å². The predicted molar refractivity (Wildman–Crippen MR) is 112 cm³/mol. The van der Waals surface area contributed by atoms with Crippen LogP contribution in [0.4, 0.5) is 5.69 Å². The van der Waals surface area contributed by atoms with Crippen LogP contribution in [0.25, 0.3) is 10.2 Å². The summed E-state index contributed by atoms with van der Waals surface area (Å²) in [5.74, 6) is 0.314. The normalized spacial score (nSPS) is 29.9. The molecular weight excluding hydrogens is 406 g/mol. The average molecular weight is 426 g/mol. The van der Waals surface area contributed by atoms with Gasteiger partial charge in [0.15, 0.2) is 4.34 Å². The van der Waals surface area contributed by atoms with Crippen LogP contribution in [-0.2, 0) is 14.4 Å². The van der Waals surface area contributed by atoms with Crippen LogP contribution in [0.2, 0.25) is 0 Å². The van der Waals surface area contributed by atoms with E-state index in [9.17, 15) is 14.4 Å². The molecule has 0 radical (unpaired) electrons. The van der Waals surface area contributed by atoms with Crippen molar-refractivity contribution in [1.29, 1.82) is 0 Å². The number of imide groups is 1. The minimum atomic E-state index is -0.189. The van der Waals surface area contributed by atoms with E-state index in [1.165, 1.54) is 28.0 Å². The van der Waals surface area contributed by atoms with E-state index in [4.69, 9.17) is 0 Å². The van der Waals surface area contributed by atoms with Crippen molar-refractivity contribution < 1.29 is 14.4 Å². The van der Waals surface area contributed by atoms with Crippen LogP contribution < -0.4 is 10.2 Å². The number of rotatable bonds is 5. The molecule has 2 aromatic rings. The van der Waals surface area contributed by atoms with E-state index in [0.717, 1.165) is 33.8 Å². The number of aromatic nitrogens is 1. The Balaban J connectivity index is 1.22. The van der Waals surface area contributed by atoms with E-state index in [1.54, 1.807) is 0 Å². The molecule has 29 heavy (non-hydrogen) atoms. The van der Waals surface area contributed by atoms with Gasteiger partial charge in [-0.2, -0.15) is 0 Å². The Labute approximate surface area is 175 Å². The Bertz CT molecular complexity index is 1060. The summed E-state index contributed by atoms with van der Waals surface area (Å²) < 4.78 is 1.74. The maximum atomic E-state index is 13.0. The van der Waals surface area contributed by atoms with E-state index in [-0.39, 0.29) is 41.4 Å². The molecule has 1 saturated heterocycles. The summed E-state index contributed by atoms with van der Waals surface area (Å²) in [6, 6.07) is 5.91. The summed E-state index contributed by atoms with van der Waals surface area (Å²) >= 11 is 2.92. The van der Waals surface area contributed by atoms with Crippen molar-refractivity contribution in [2.45, 2.75) is 29.6 Å². The number of thioether (sulfide) groups is 1. The third-order valence-corrected chi connectivity index (χ3v) is 8.51. The molecule has 1 aliphatic heterocycles. The number of fused-ring (bicyclic) bond motifs is 6. The molecule has 1 N–H and O–H groups in total. The summed E-state index contributed by atoms with van der Waals surface area (Å²) in [5, 5.41) is 2.98. The second-order valence-electron chi connectivity index (χ2n) is 8.27. The zero-order valence-corrected chi connectivity index (χ0v) is 17.2. The van der Waals surface area contributed by atoms with Crippen molar-refractivity contribution in [3.05, 3.63) is 30.4 Å². The Morgan fingerprint density at radius 2 is 1.90 bits per heavy atom. The molecule has 0 unspecified atom stereocenters. The summed E-state index contributed by atoms with van der Waals surface area (Å²) in [7, 11) is 0. The largest absolute Gasteiger partial charge is 0.353 e. The lowest BCUT2D eigenvalue weighted by molar-refractivity contribution is -0.123. The number of carbonyl (C=O) groups excluding carboxylic acids is 3. The highest BCUT2D eigenvalue weighted by Gasteiger charge is 2.59. The summed E-state index contributed by atoms with van der Waals surface area (Å²) in [5.41, 5.74) is 1.46. The lowest BCUT2D eigenvalue weighted by Gasteiger charge is -2.17. The van der Waals surface area contributed by atoms with E-state index >= 15 is 0 Å². The van der Waals surface area contributed by atoms with Crippen LogP contribution >= 0.6 is 23.1 Å². The molecule has 6 rings (SSSR count). The number of nitrogens with zero attached hydrogens (tertiary/aromatic N) is 2. The minimum absolute atomic E-state index is 0.0421. The van der Waals surface area contributed by atoms with Crippen LogP contribution in [0, 0.1) is 23.7 Å². The molecule has 8 heteroatoms. The molecule has 1 aromatic carbocycles. The number of anilines is 1. The molecule has 3 aliphatic carbocycles. The van der Waals surface area contributed by atoms with Gasteiger partial charge in [0, 0.05) is 6.04 Å². The number of nitrogens with one attached hydrogen (secondary N) is 1. The van der Waals surface area contributed by atoms with Crippen LogP contribution in [0.3, 0.4) is 0 Å². The number of allylic oxidation sites excluding steroid dienone is 2. The molecule has 4 aliphatic rings. The highest BCUT2D eigenvalue weighted by Crippen LogP contribution is 2.53. The van der Waals surface area contributed by atoms with Gasteiger partial charge in [-0.1, -0.05) is 23.9 Å². The van der Waals surface area contributed by atoms with Gasteiger partial charge in [-0.15, -0.1) is 11.3 Å². The number of carbonyl (C=O) groups is 3. The van der Waals surface area contributed by atoms with Crippen LogP contribution in [0.1, 0.15) is 19.3 Å². The molecule has 3 amide bonds. The highest BCUT2D eigenvalue weighted by atomic mass is 32.2. The van der Waals surface area contributed by atoms with Crippen LogP contribution in [0.15, 0.2) is 34.7 Å². The molecule has 3 fully saturated rings. The molecule has 1 aromatic heterocycles. The van der Waals surface area contributed by atoms with Crippen LogP contribution in [0.5, 0.6) is 0 Å². The number of benzene rings is 1. The van der Waals surface area contributed by atoms with Gasteiger partial charge in [-0.05, 0) is 49.3 Å². The van der Waals surface area contributed by atoms with Crippen molar-refractivity contribution in [2.75, 3.05) is 10.7 Å². The van der Waals surface area contributed by atoms with Crippen LogP contribution in [-0.4, -0.2) is 34.5 Å². The fourth-order valence-corrected chi connectivity index (χ4v) is 6.79. The third kappa shape index (κ3) is 2.84. The second-order valence-corrected chi connectivity index (χ2v) is 10.5. The average Bonchev–Trinajstić information content (AvgIpc) is 3.08. The van der Waals surface area contributed by atoms with Gasteiger partial charge < -0.3 is 5.32 Å². The third-order valence-electron chi connectivity index (χ3n) is 6.35. The number of hydrogen-bond acceptors (Lipinski definition) is 6. The summed E-state index contributed by atoms with van der Waals surface area (Å²) in [4.78, 5) is 43.9. The first-order valence-corrected chi connectivity index (χ1v) is 11.8. The zero-order chi connectivity index (χ0) is 19.7. The van der Waals surface area contributed by atoms with Crippen molar-refractivity contribution >= 4 is 56.7 Å². The lowest BCUT2D eigenvalue weighted by Crippen LogP contribution is -2.32. The number of hydrogen-bond donors (Lipinski definition) is 1. The Kier molecular flexibility index (Phi) is 3.90. The van der Waals surface area contributed by atoms with Crippen molar-refractivity contribution in [1.82, 2.24) is 10.3 Å². The Morgan fingerprint density at radius 3 is 2.59 bits per heavy atom.